The molecule has 0 spiro atoms. The molecule has 1 amide bonds. The molecule has 146 valence electrons. The minimum Gasteiger partial charge on any atom is -0.444 e. The number of halogens is 1. The average molecular weight is 386 g/mol. The Hall–Kier alpha value is -1.67. The van der Waals surface area contributed by atoms with Gasteiger partial charge in [0, 0.05) is 26.2 Å². The molecule has 1 heterocycles. The van der Waals surface area contributed by atoms with Crippen molar-refractivity contribution < 1.29 is 22.3 Å². The van der Waals surface area contributed by atoms with Crippen LogP contribution in [0.4, 0.5) is 9.18 Å². The number of aryl methyl sites for hydroxylation is 1. The second-order valence-electron chi connectivity index (χ2n) is 7.66. The summed E-state index contributed by atoms with van der Waals surface area (Å²) in [4.78, 5) is 13.6. The summed E-state index contributed by atoms with van der Waals surface area (Å²) in [6.45, 7) is 7.43. The summed E-state index contributed by atoms with van der Waals surface area (Å²) in [5.74, 6) is -0.550. The maximum Gasteiger partial charge on any atom is 0.410 e. The van der Waals surface area contributed by atoms with Gasteiger partial charge in [-0.3, -0.25) is 0 Å². The molecule has 8 heteroatoms. The minimum atomic E-state index is -3.81. The van der Waals surface area contributed by atoms with Crippen molar-refractivity contribution in [2.45, 2.75) is 57.1 Å². The Labute approximate surface area is 155 Å². The van der Waals surface area contributed by atoms with E-state index in [-0.39, 0.29) is 17.5 Å². The van der Waals surface area contributed by atoms with Crippen LogP contribution in [0.5, 0.6) is 0 Å². The summed E-state index contributed by atoms with van der Waals surface area (Å²) in [6, 6.07) is 3.63. The summed E-state index contributed by atoms with van der Waals surface area (Å²) in [6.07, 6.45) is 0.818. The number of ether oxygens (including phenoxy) is 1. The predicted octanol–water partition coefficient (Wildman–Crippen LogP) is 3.15. The number of likely N-dealkylation sites (N-methyl/N-ethyl adjacent to an activating group) is 1. The number of piperidine rings is 1. The van der Waals surface area contributed by atoms with E-state index in [2.05, 4.69) is 0 Å². The van der Waals surface area contributed by atoms with Crippen LogP contribution < -0.4 is 0 Å². The van der Waals surface area contributed by atoms with Crippen molar-refractivity contribution in [2.24, 2.45) is 0 Å². The standard InChI is InChI=1S/C18H27FN2O4S/c1-13-8-9-15(11-16(13)19)26(23,24)21-10-6-7-14(12-21)20(5)17(22)25-18(2,3)4/h8-9,11,14H,6-7,10,12H2,1-5H3/t14-/m1/s1. The monoisotopic (exact) mass is 386 g/mol. The number of rotatable bonds is 3. The minimum absolute atomic E-state index is 0.0684. The third-order valence-electron chi connectivity index (χ3n) is 4.37. The zero-order valence-corrected chi connectivity index (χ0v) is 16.8. The molecule has 1 aromatic carbocycles. The van der Waals surface area contributed by atoms with E-state index < -0.39 is 27.5 Å². The fourth-order valence-electron chi connectivity index (χ4n) is 2.82. The molecule has 1 aliphatic rings. The van der Waals surface area contributed by atoms with Crippen LogP contribution in [0.15, 0.2) is 23.1 Å². The molecule has 2 rings (SSSR count). The van der Waals surface area contributed by atoms with Gasteiger partial charge in [0.2, 0.25) is 10.0 Å². The van der Waals surface area contributed by atoms with Crippen LogP contribution in [0.3, 0.4) is 0 Å². The molecule has 1 fully saturated rings. The average Bonchev–Trinajstić information content (AvgIpc) is 2.55. The number of nitrogens with zero attached hydrogens (tertiary/aromatic N) is 2. The van der Waals surface area contributed by atoms with Gasteiger partial charge in [-0.05, 0) is 58.2 Å². The van der Waals surface area contributed by atoms with Gasteiger partial charge in [-0.25, -0.2) is 17.6 Å². The maximum absolute atomic E-state index is 13.8. The first kappa shape index (κ1) is 20.6. The lowest BCUT2D eigenvalue weighted by Gasteiger charge is -2.37. The van der Waals surface area contributed by atoms with Gasteiger partial charge >= 0.3 is 6.09 Å². The van der Waals surface area contributed by atoms with Crippen molar-refractivity contribution in [3.8, 4) is 0 Å². The summed E-state index contributed by atoms with van der Waals surface area (Å²) in [5.41, 5.74) is -0.226. The van der Waals surface area contributed by atoms with Crippen molar-refractivity contribution in [1.29, 1.82) is 0 Å². The Morgan fingerprint density at radius 1 is 1.35 bits per heavy atom. The lowest BCUT2D eigenvalue weighted by atomic mass is 10.1. The maximum atomic E-state index is 13.8. The Balaban J connectivity index is 2.16. The molecule has 0 N–H and O–H groups in total. The van der Waals surface area contributed by atoms with Gasteiger partial charge in [-0.1, -0.05) is 6.07 Å². The molecular formula is C18H27FN2O4S. The van der Waals surface area contributed by atoms with Crippen molar-refractivity contribution in [3.05, 3.63) is 29.6 Å². The van der Waals surface area contributed by atoms with Crippen LogP contribution in [-0.4, -0.2) is 55.5 Å². The van der Waals surface area contributed by atoms with Gasteiger partial charge in [-0.15, -0.1) is 0 Å². The van der Waals surface area contributed by atoms with E-state index in [0.29, 0.717) is 24.9 Å². The molecule has 0 saturated carbocycles. The quantitative estimate of drug-likeness (QED) is 0.800. The third kappa shape index (κ3) is 4.73. The van der Waals surface area contributed by atoms with E-state index >= 15 is 0 Å². The van der Waals surface area contributed by atoms with E-state index in [0.717, 1.165) is 6.07 Å². The molecule has 1 aromatic rings. The molecule has 1 aliphatic heterocycles. The fraction of sp³-hybridized carbons (Fsp3) is 0.611. The topological polar surface area (TPSA) is 66.9 Å². The summed E-state index contributed by atoms with van der Waals surface area (Å²) >= 11 is 0. The van der Waals surface area contributed by atoms with Gasteiger partial charge < -0.3 is 9.64 Å². The molecule has 0 bridgehead atoms. The van der Waals surface area contributed by atoms with E-state index in [1.807, 2.05) is 0 Å². The van der Waals surface area contributed by atoms with Gasteiger partial charge in [0.1, 0.15) is 11.4 Å². The molecule has 1 atom stereocenters. The molecule has 0 radical (unpaired) electrons. The van der Waals surface area contributed by atoms with E-state index in [9.17, 15) is 17.6 Å². The number of hydrogen-bond donors (Lipinski definition) is 0. The number of carbonyl (C=O) groups is 1. The smallest absolute Gasteiger partial charge is 0.410 e. The van der Waals surface area contributed by atoms with Crippen molar-refractivity contribution in [2.75, 3.05) is 20.1 Å². The van der Waals surface area contributed by atoms with Crippen LogP contribution >= 0.6 is 0 Å². The van der Waals surface area contributed by atoms with Gasteiger partial charge in [0.25, 0.3) is 0 Å². The summed E-state index contributed by atoms with van der Waals surface area (Å²) in [7, 11) is -2.20. The Kier molecular flexibility index (Phi) is 5.97. The first-order valence-electron chi connectivity index (χ1n) is 8.64. The van der Waals surface area contributed by atoms with Gasteiger partial charge in [-0.2, -0.15) is 4.31 Å². The molecule has 0 unspecified atom stereocenters. The van der Waals surface area contributed by atoms with E-state index in [1.54, 1.807) is 34.7 Å². The summed E-state index contributed by atoms with van der Waals surface area (Å²) in [5, 5.41) is 0. The Morgan fingerprint density at radius 3 is 2.58 bits per heavy atom. The third-order valence-corrected chi connectivity index (χ3v) is 6.23. The van der Waals surface area contributed by atoms with Crippen molar-refractivity contribution in [1.82, 2.24) is 9.21 Å². The number of sulfonamides is 1. The zero-order chi connectivity index (χ0) is 19.7. The van der Waals surface area contributed by atoms with E-state index in [4.69, 9.17) is 4.74 Å². The molecule has 26 heavy (non-hydrogen) atoms. The molecule has 6 nitrogen and oxygen atoms in total. The van der Waals surface area contributed by atoms with Crippen molar-refractivity contribution >= 4 is 16.1 Å². The number of benzene rings is 1. The van der Waals surface area contributed by atoms with Gasteiger partial charge in [0.05, 0.1) is 4.90 Å². The predicted molar refractivity (Wildman–Crippen MR) is 96.9 cm³/mol. The van der Waals surface area contributed by atoms with Crippen LogP contribution in [0.1, 0.15) is 39.2 Å². The molecule has 0 aliphatic carbocycles. The highest BCUT2D eigenvalue weighted by Gasteiger charge is 2.34. The molecule has 0 aromatic heterocycles. The van der Waals surface area contributed by atoms with Crippen LogP contribution in [-0.2, 0) is 14.8 Å². The summed E-state index contributed by atoms with van der Waals surface area (Å²) < 4.78 is 46.1. The lowest BCUT2D eigenvalue weighted by Crippen LogP contribution is -2.51. The highest BCUT2D eigenvalue weighted by atomic mass is 32.2. The first-order valence-corrected chi connectivity index (χ1v) is 10.1. The molecular weight excluding hydrogens is 359 g/mol. The van der Waals surface area contributed by atoms with E-state index in [1.165, 1.54) is 21.3 Å². The zero-order valence-electron chi connectivity index (χ0n) is 16.0. The largest absolute Gasteiger partial charge is 0.444 e. The Morgan fingerprint density at radius 2 is 2.00 bits per heavy atom. The normalized spacial score (nSPS) is 19.2. The highest BCUT2D eigenvalue weighted by molar-refractivity contribution is 7.89. The van der Waals surface area contributed by atoms with Crippen LogP contribution in [0, 0.1) is 12.7 Å². The highest BCUT2D eigenvalue weighted by Crippen LogP contribution is 2.24. The molecule has 1 saturated heterocycles. The van der Waals surface area contributed by atoms with Crippen LogP contribution in [0.25, 0.3) is 0 Å². The number of amides is 1. The van der Waals surface area contributed by atoms with Crippen LogP contribution in [0.2, 0.25) is 0 Å². The second kappa shape index (κ2) is 7.52. The second-order valence-corrected chi connectivity index (χ2v) is 9.60. The Bertz CT molecular complexity index is 774. The first-order chi connectivity index (χ1) is 11.9. The van der Waals surface area contributed by atoms with Gasteiger partial charge in [0.15, 0.2) is 0 Å². The van der Waals surface area contributed by atoms with Crippen molar-refractivity contribution in [3.63, 3.8) is 0 Å². The number of carbonyl (C=O) groups excluding carboxylic acids is 1. The SMILES string of the molecule is Cc1ccc(S(=O)(=O)N2CCC[C@@H](N(C)C(=O)OC(C)(C)C)C2)cc1F. The fourth-order valence-corrected chi connectivity index (χ4v) is 4.35. The lowest BCUT2D eigenvalue weighted by molar-refractivity contribution is 0.0173. The number of hydrogen-bond acceptors (Lipinski definition) is 4.